The summed E-state index contributed by atoms with van der Waals surface area (Å²) in [5, 5.41) is 5.35. The van der Waals surface area contributed by atoms with Crippen LogP contribution in [0.2, 0.25) is 0 Å². The standard InChI is InChI=1S/C25H27F2N3O5S/c1-16-7-8-22(17-5-3-2-4-6-17)36(32,33)30(16)15-18-13-21(27)19(14-20(18)26)25(9-11-34-12-10-25)23-28-29-24(31)35-23/h2-6,13-14,16,22H,7-12,15H2,1H3,(H,29,31)/t16-,22+/m0/s1. The molecule has 2 aromatic carbocycles. The van der Waals surface area contributed by atoms with Gasteiger partial charge in [0.05, 0.1) is 5.41 Å². The van der Waals surface area contributed by atoms with Crippen LogP contribution in [0.1, 0.15) is 60.4 Å². The molecular weight excluding hydrogens is 492 g/mol. The first-order valence-electron chi connectivity index (χ1n) is 11.9. The molecule has 0 amide bonds. The number of nitrogens with one attached hydrogen (secondary N) is 1. The Hall–Kier alpha value is -2.89. The van der Waals surface area contributed by atoms with E-state index in [1.54, 1.807) is 31.2 Å². The summed E-state index contributed by atoms with van der Waals surface area (Å²) < 4.78 is 70.0. The first kappa shape index (κ1) is 24.8. The highest BCUT2D eigenvalue weighted by Crippen LogP contribution is 2.43. The Balaban J connectivity index is 1.50. The molecule has 11 heteroatoms. The molecule has 0 radical (unpaired) electrons. The second kappa shape index (κ2) is 9.53. The van der Waals surface area contributed by atoms with Gasteiger partial charge in [-0.1, -0.05) is 30.3 Å². The number of rotatable bonds is 5. The Bertz CT molecular complexity index is 1400. The number of aromatic nitrogens is 2. The minimum Gasteiger partial charge on any atom is -0.391 e. The molecule has 2 fully saturated rings. The van der Waals surface area contributed by atoms with E-state index in [2.05, 4.69) is 10.2 Å². The second-order valence-corrected chi connectivity index (χ2v) is 11.5. The molecule has 5 rings (SSSR count). The van der Waals surface area contributed by atoms with Crippen molar-refractivity contribution in [2.24, 2.45) is 0 Å². The van der Waals surface area contributed by atoms with Gasteiger partial charge < -0.3 is 9.15 Å². The van der Waals surface area contributed by atoms with Gasteiger partial charge in [-0.25, -0.2) is 27.1 Å². The van der Waals surface area contributed by atoms with E-state index in [1.807, 2.05) is 6.07 Å². The monoisotopic (exact) mass is 519 g/mol. The number of hydrogen-bond acceptors (Lipinski definition) is 6. The van der Waals surface area contributed by atoms with Crippen molar-refractivity contribution in [1.29, 1.82) is 0 Å². The maximum atomic E-state index is 15.6. The maximum absolute atomic E-state index is 15.6. The van der Waals surface area contributed by atoms with Gasteiger partial charge in [0.2, 0.25) is 15.9 Å². The van der Waals surface area contributed by atoms with E-state index >= 15 is 8.78 Å². The van der Waals surface area contributed by atoms with Crippen LogP contribution in [0.5, 0.6) is 0 Å². The van der Waals surface area contributed by atoms with Crippen molar-refractivity contribution < 1.29 is 26.4 Å². The summed E-state index contributed by atoms with van der Waals surface area (Å²) in [6.07, 6.45) is 1.54. The fourth-order valence-electron chi connectivity index (χ4n) is 5.35. The number of sulfonamides is 1. The second-order valence-electron chi connectivity index (χ2n) is 9.45. The van der Waals surface area contributed by atoms with Gasteiger partial charge in [-0.3, -0.25) is 0 Å². The Labute approximate surface area is 207 Å². The Morgan fingerprint density at radius 3 is 2.50 bits per heavy atom. The lowest BCUT2D eigenvalue weighted by molar-refractivity contribution is 0.0527. The zero-order valence-electron chi connectivity index (χ0n) is 19.7. The number of H-pyrrole nitrogens is 1. The third-order valence-corrected chi connectivity index (χ3v) is 9.74. The average Bonchev–Trinajstić information content (AvgIpc) is 3.31. The number of nitrogens with zero attached hydrogens (tertiary/aromatic N) is 2. The van der Waals surface area contributed by atoms with Crippen LogP contribution in [0.25, 0.3) is 0 Å². The van der Waals surface area contributed by atoms with Crippen molar-refractivity contribution in [3.05, 3.63) is 87.2 Å². The molecule has 1 aromatic heterocycles. The van der Waals surface area contributed by atoms with Gasteiger partial charge in [-0.05, 0) is 50.3 Å². The number of halogens is 2. The number of aromatic amines is 1. The van der Waals surface area contributed by atoms with Gasteiger partial charge in [0.25, 0.3) is 0 Å². The smallest absolute Gasteiger partial charge is 0.391 e. The van der Waals surface area contributed by atoms with Crippen LogP contribution < -0.4 is 5.76 Å². The fourth-order valence-corrected chi connectivity index (χ4v) is 7.54. The van der Waals surface area contributed by atoms with Crippen molar-refractivity contribution in [3.63, 3.8) is 0 Å². The summed E-state index contributed by atoms with van der Waals surface area (Å²) in [7, 11) is -3.81. The topological polar surface area (TPSA) is 106 Å². The molecule has 0 spiro atoms. The first-order valence-corrected chi connectivity index (χ1v) is 13.4. The van der Waals surface area contributed by atoms with E-state index in [0.717, 1.165) is 12.1 Å². The Kier molecular flexibility index (Phi) is 6.56. The number of hydrogen-bond donors (Lipinski definition) is 1. The molecule has 192 valence electrons. The van der Waals surface area contributed by atoms with Gasteiger partial charge in [-0.15, -0.1) is 5.10 Å². The highest BCUT2D eigenvalue weighted by molar-refractivity contribution is 7.89. The summed E-state index contributed by atoms with van der Waals surface area (Å²) in [5.74, 6) is -2.27. The Morgan fingerprint density at radius 2 is 1.83 bits per heavy atom. The van der Waals surface area contributed by atoms with E-state index in [1.165, 1.54) is 4.31 Å². The predicted molar refractivity (Wildman–Crippen MR) is 127 cm³/mol. The SMILES string of the molecule is C[C@H]1CC[C@H](c2ccccc2)S(=O)(=O)N1Cc1cc(F)c(C2(c3n[nH]c(=O)o3)CCOCC2)cc1F. The molecule has 0 bridgehead atoms. The van der Waals surface area contributed by atoms with Crippen LogP contribution in [-0.2, 0) is 26.7 Å². The lowest BCUT2D eigenvalue weighted by Crippen LogP contribution is -2.45. The van der Waals surface area contributed by atoms with Crippen LogP contribution in [0, 0.1) is 11.6 Å². The van der Waals surface area contributed by atoms with E-state index in [-0.39, 0.29) is 55.7 Å². The zero-order chi connectivity index (χ0) is 25.5. The van der Waals surface area contributed by atoms with E-state index in [0.29, 0.717) is 18.4 Å². The Morgan fingerprint density at radius 1 is 1.11 bits per heavy atom. The third kappa shape index (κ3) is 4.29. The number of ether oxygens (including phenoxy) is 1. The summed E-state index contributed by atoms with van der Waals surface area (Å²) >= 11 is 0. The summed E-state index contributed by atoms with van der Waals surface area (Å²) in [5.41, 5.74) is -0.563. The highest BCUT2D eigenvalue weighted by Gasteiger charge is 2.44. The minimum atomic E-state index is -3.81. The largest absolute Gasteiger partial charge is 0.434 e. The first-order chi connectivity index (χ1) is 17.2. The fraction of sp³-hybridized carbons (Fsp3) is 0.440. The van der Waals surface area contributed by atoms with Crippen LogP contribution in [0.4, 0.5) is 8.78 Å². The van der Waals surface area contributed by atoms with Crippen LogP contribution in [0.15, 0.2) is 51.7 Å². The molecule has 3 heterocycles. The van der Waals surface area contributed by atoms with Crippen LogP contribution >= 0.6 is 0 Å². The lowest BCUT2D eigenvalue weighted by atomic mass is 9.73. The summed E-state index contributed by atoms with van der Waals surface area (Å²) in [6, 6.07) is 10.7. The van der Waals surface area contributed by atoms with Crippen molar-refractivity contribution in [3.8, 4) is 0 Å². The summed E-state index contributed by atoms with van der Waals surface area (Å²) in [4.78, 5) is 11.6. The normalized spacial score (nSPS) is 24.0. The third-order valence-electron chi connectivity index (χ3n) is 7.37. The van der Waals surface area contributed by atoms with Crippen LogP contribution in [-0.4, -0.2) is 42.2 Å². The van der Waals surface area contributed by atoms with Crippen molar-refractivity contribution >= 4 is 10.0 Å². The molecule has 2 aliphatic rings. The molecule has 2 atom stereocenters. The summed E-state index contributed by atoms with van der Waals surface area (Å²) in [6.45, 7) is 2.00. The van der Waals surface area contributed by atoms with Crippen LogP contribution in [0.3, 0.4) is 0 Å². The van der Waals surface area contributed by atoms with Gasteiger partial charge in [0.1, 0.15) is 16.9 Å². The highest BCUT2D eigenvalue weighted by atomic mass is 32.2. The van der Waals surface area contributed by atoms with E-state index in [9.17, 15) is 13.2 Å². The lowest BCUT2D eigenvalue weighted by Gasteiger charge is -2.38. The molecule has 0 unspecified atom stereocenters. The molecule has 3 aromatic rings. The molecule has 0 saturated carbocycles. The average molecular weight is 520 g/mol. The quantitative estimate of drug-likeness (QED) is 0.550. The molecule has 8 nitrogen and oxygen atoms in total. The van der Waals surface area contributed by atoms with Gasteiger partial charge in [0, 0.05) is 36.9 Å². The van der Waals surface area contributed by atoms with Gasteiger partial charge in [0.15, 0.2) is 0 Å². The molecule has 2 aliphatic heterocycles. The molecule has 1 N–H and O–H groups in total. The van der Waals surface area contributed by atoms with Gasteiger partial charge >= 0.3 is 5.76 Å². The van der Waals surface area contributed by atoms with Gasteiger partial charge in [-0.2, -0.15) is 4.31 Å². The van der Waals surface area contributed by atoms with E-state index < -0.39 is 38.1 Å². The molecule has 36 heavy (non-hydrogen) atoms. The predicted octanol–water partition coefficient (Wildman–Crippen LogP) is 3.79. The zero-order valence-corrected chi connectivity index (χ0v) is 20.6. The minimum absolute atomic E-state index is 0.000915. The van der Waals surface area contributed by atoms with Crippen molar-refractivity contribution in [2.45, 2.75) is 55.9 Å². The molecular formula is C25H27F2N3O5S. The van der Waals surface area contributed by atoms with E-state index in [4.69, 9.17) is 9.15 Å². The maximum Gasteiger partial charge on any atom is 0.434 e. The number of benzene rings is 2. The van der Waals surface area contributed by atoms with Crippen molar-refractivity contribution in [2.75, 3.05) is 13.2 Å². The molecule has 2 saturated heterocycles. The van der Waals surface area contributed by atoms with Crippen molar-refractivity contribution in [1.82, 2.24) is 14.5 Å². The molecule has 0 aliphatic carbocycles.